The number of fused-ring (bicyclic) bond motifs is 2. The van der Waals surface area contributed by atoms with Crippen LogP contribution < -0.4 is 16.4 Å². The fourth-order valence-corrected chi connectivity index (χ4v) is 5.26. The second kappa shape index (κ2) is 10.7. The van der Waals surface area contributed by atoms with Gasteiger partial charge in [0.15, 0.2) is 6.29 Å². The van der Waals surface area contributed by atoms with Crippen molar-refractivity contribution in [2.75, 3.05) is 22.1 Å². The third-order valence-electron chi connectivity index (χ3n) is 5.01. The minimum absolute atomic E-state index is 0.135. The molecule has 180 valence electrons. The molecule has 0 radical (unpaired) electrons. The first-order chi connectivity index (χ1) is 16.8. The molecule has 0 saturated carbocycles. The van der Waals surface area contributed by atoms with Gasteiger partial charge in [0.1, 0.15) is 11.7 Å². The third-order valence-corrected chi connectivity index (χ3v) is 7.32. The van der Waals surface area contributed by atoms with Crippen LogP contribution in [0.1, 0.15) is 21.0 Å². The summed E-state index contributed by atoms with van der Waals surface area (Å²) >= 11 is 0. The Balaban J connectivity index is 1.36. The van der Waals surface area contributed by atoms with E-state index in [9.17, 15) is 19.2 Å². The van der Waals surface area contributed by atoms with Crippen molar-refractivity contribution < 1.29 is 24.3 Å². The molecule has 0 saturated heterocycles. The first kappa shape index (κ1) is 24.4. The fourth-order valence-electron chi connectivity index (χ4n) is 3.31. The molecule has 2 aromatic heterocycles. The number of anilines is 2. The van der Waals surface area contributed by atoms with Gasteiger partial charge in [-0.3, -0.25) is 19.2 Å². The van der Waals surface area contributed by atoms with Crippen LogP contribution in [0.5, 0.6) is 0 Å². The van der Waals surface area contributed by atoms with Gasteiger partial charge in [-0.2, -0.15) is 0 Å². The Bertz CT molecular complexity index is 1430. The summed E-state index contributed by atoms with van der Waals surface area (Å²) < 4.78 is 0. The van der Waals surface area contributed by atoms with Gasteiger partial charge in [-0.25, -0.2) is 0 Å². The summed E-state index contributed by atoms with van der Waals surface area (Å²) in [4.78, 5) is 52.6. The maximum absolute atomic E-state index is 12.8. The lowest BCUT2D eigenvalue weighted by molar-refractivity contribution is -0.137. The Morgan fingerprint density at radius 1 is 0.943 bits per heavy atom. The first-order valence-electron chi connectivity index (χ1n) is 10.4. The highest BCUT2D eigenvalue weighted by atomic mass is 33.1. The molecule has 12 heteroatoms. The molecule has 0 fully saturated rings. The molecule has 0 aliphatic rings. The Hall–Kier alpha value is -3.74. The average Bonchev–Trinajstić information content (AvgIpc) is 3.44. The zero-order valence-electron chi connectivity index (χ0n) is 18.2. The zero-order chi connectivity index (χ0) is 24.9. The van der Waals surface area contributed by atoms with Crippen LogP contribution in [-0.2, 0) is 9.59 Å². The second-order valence-electron chi connectivity index (χ2n) is 7.62. The van der Waals surface area contributed by atoms with Gasteiger partial charge >= 0.3 is 5.97 Å². The fraction of sp³-hybridized carbons (Fsp3) is 0.130. The Morgan fingerprint density at radius 2 is 1.60 bits per heavy atom. The molecule has 4 rings (SSSR count). The number of carboxylic acid groups (broad SMARTS) is 1. The van der Waals surface area contributed by atoms with E-state index in [-0.39, 0.29) is 23.3 Å². The van der Waals surface area contributed by atoms with Crippen LogP contribution in [0.3, 0.4) is 0 Å². The molecule has 1 unspecified atom stereocenters. The van der Waals surface area contributed by atoms with Crippen molar-refractivity contribution in [1.82, 2.24) is 9.97 Å². The van der Waals surface area contributed by atoms with Crippen LogP contribution in [-0.4, -0.2) is 56.7 Å². The summed E-state index contributed by atoms with van der Waals surface area (Å²) in [6.07, 6.45) is 0.732. The predicted octanol–water partition coefficient (Wildman–Crippen LogP) is 3.45. The van der Waals surface area contributed by atoms with Gasteiger partial charge in [0.05, 0.1) is 11.4 Å². The van der Waals surface area contributed by atoms with Crippen molar-refractivity contribution in [1.29, 1.82) is 0 Å². The lowest BCUT2D eigenvalue weighted by Gasteiger charge is -2.06. The summed E-state index contributed by atoms with van der Waals surface area (Å²) in [5, 5.41) is 15.9. The largest absolute Gasteiger partial charge is 0.480 e. The monoisotopic (exact) mass is 511 g/mol. The number of aldehydes is 1. The predicted molar refractivity (Wildman–Crippen MR) is 139 cm³/mol. The number of nitrogens with one attached hydrogen (secondary N) is 4. The van der Waals surface area contributed by atoms with E-state index in [2.05, 4.69) is 20.6 Å². The minimum Gasteiger partial charge on any atom is -0.480 e. The molecule has 35 heavy (non-hydrogen) atoms. The Kier molecular flexibility index (Phi) is 7.44. The lowest BCUT2D eigenvalue weighted by Crippen LogP contribution is -2.32. The van der Waals surface area contributed by atoms with E-state index in [4.69, 9.17) is 10.8 Å². The molecule has 10 nitrogen and oxygen atoms in total. The lowest BCUT2D eigenvalue weighted by atomic mass is 10.2. The number of aromatic amines is 2. The zero-order valence-corrected chi connectivity index (χ0v) is 19.8. The minimum atomic E-state index is -1.08. The van der Waals surface area contributed by atoms with Crippen LogP contribution in [0.4, 0.5) is 11.4 Å². The number of nitrogens with two attached hydrogens (primary N) is 1. The Morgan fingerprint density at radius 3 is 2.29 bits per heavy atom. The molecule has 7 N–H and O–H groups in total. The number of H-pyrrole nitrogens is 2. The van der Waals surface area contributed by atoms with Crippen molar-refractivity contribution in [3.8, 4) is 0 Å². The number of benzene rings is 2. The first-order valence-corrected chi connectivity index (χ1v) is 12.9. The number of aliphatic carboxylic acids is 1. The van der Waals surface area contributed by atoms with Gasteiger partial charge in [0.2, 0.25) is 5.91 Å². The van der Waals surface area contributed by atoms with E-state index in [1.807, 2.05) is 0 Å². The van der Waals surface area contributed by atoms with Crippen molar-refractivity contribution in [2.24, 2.45) is 5.73 Å². The molecule has 2 amide bonds. The maximum Gasteiger partial charge on any atom is 0.321 e. The van der Waals surface area contributed by atoms with E-state index in [0.717, 1.165) is 28.1 Å². The van der Waals surface area contributed by atoms with Gasteiger partial charge < -0.3 is 31.4 Å². The van der Waals surface area contributed by atoms with Crippen molar-refractivity contribution in [2.45, 2.75) is 6.04 Å². The number of aromatic nitrogens is 2. The number of carbonyl (C=O) groups excluding carboxylic acids is 3. The molecule has 0 aliphatic heterocycles. The summed E-state index contributed by atoms with van der Waals surface area (Å²) in [5.41, 5.74) is 8.93. The van der Waals surface area contributed by atoms with Crippen LogP contribution in [0.25, 0.3) is 21.8 Å². The van der Waals surface area contributed by atoms with Crippen LogP contribution in [0, 0.1) is 0 Å². The third kappa shape index (κ3) is 6.04. The topological polar surface area (TPSA) is 170 Å². The van der Waals surface area contributed by atoms with E-state index in [1.165, 1.54) is 21.6 Å². The van der Waals surface area contributed by atoms with E-state index < -0.39 is 12.0 Å². The van der Waals surface area contributed by atoms with Gasteiger partial charge in [-0.1, -0.05) is 21.6 Å². The quantitative estimate of drug-likeness (QED) is 0.107. The van der Waals surface area contributed by atoms with Crippen molar-refractivity contribution >= 4 is 78.8 Å². The van der Waals surface area contributed by atoms with Crippen LogP contribution in [0.2, 0.25) is 0 Å². The molecule has 4 aromatic rings. The van der Waals surface area contributed by atoms with Crippen molar-refractivity contribution in [3.63, 3.8) is 0 Å². The van der Waals surface area contributed by atoms with E-state index in [1.54, 1.807) is 48.5 Å². The van der Waals surface area contributed by atoms with Gasteiger partial charge in [-0.15, -0.1) is 0 Å². The highest BCUT2D eigenvalue weighted by molar-refractivity contribution is 8.76. The summed E-state index contributed by atoms with van der Waals surface area (Å²) in [6.45, 7) is 0. The van der Waals surface area contributed by atoms with Gasteiger partial charge in [0.25, 0.3) is 5.91 Å². The van der Waals surface area contributed by atoms with E-state index in [0.29, 0.717) is 22.8 Å². The number of carboxylic acids is 1. The average molecular weight is 512 g/mol. The van der Waals surface area contributed by atoms with Crippen molar-refractivity contribution in [3.05, 3.63) is 59.9 Å². The maximum atomic E-state index is 12.8. The molecule has 2 heterocycles. The molecule has 2 aromatic carbocycles. The van der Waals surface area contributed by atoms with Gasteiger partial charge in [0, 0.05) is 38.9 Å². The number of hydrogen-bond donors (Lipinski definition) is 6. The number of carbonyl (C=O) groups is 4. The normalized spacial score (nSPS) is 11.9. The molecule has 1 atom stereocenters. The summed E-state index contributed by atoms with van der Waals surface area (Å²) in [6, 6.07) is 13.0. The van der Waals surface area contributed by atoms with E-state index >= 15 is 0 Å². The van der Waals surface area contributed by atoms with Gasteiger partial charge in [-0.05, 0) is 48.5 Å². The number of amides is 2. The highest BCUT2D eigenvalue weighted by Gasteiger charge is 2.13. The molecular formula is C23H21N5O5S2. The van der Waals surface area contributed by atoms with Crippen LogP contribution in [0.15, 0.2) is 48.5 Å². The smallest absolute Gasteiger partial charge is 0.321 e. The highest BCUT2D eigenvalue weighted by Crippen LogP contribution is 2.24. The second-order valence-corrected chi connectivity index (χ2v) is 10.1. The number of hydrogen-bond acceptors (Lipinski definition) is 7. The summed E-state index contributed by atoms with van der Waals surface area (Å²) in [5.74, 6) is -1.31. The number of rotatable bonds is 10. The molecule has 0 spiro atoms. The standard InChI is InChI=1S/C23H21N5O5S2/c24-17(23(32)33)10-34-35-11-21(30)26-14-1-4-19-13(6-14)8-20(28-19)22(31)27-15-2-3-18-12(5-15)7-16(9-29)25-18/h1-9,17,25,28H,10-11,24H2,(H,26,30)(H,27,31)(H,32,33). The summed E-state index contributed by atoms with van der Waals surface area (Å²) in [7, 11) is 2.45. The molecular weight excluding hydrogens is 490 g/mol. The Labute approximate surface area is 206 Å². The molecule has 0 aliphatic carbocycles. The van der Waals surface area contributed by atoms with Crippen LogP contribution >= 0.6 is 21.6 Å². The SMILES string of the molecule is NC(CSSCC(=O)Nc1ccc2[nH]c(C(=O)Nc3ccc4[nH]c(C=O)cc4c3)cc2c1)C(=O)O. The molecule has 0 bridgehead atoms.